The molecule has 9 heteroatoms. The predicted octanol–water partition coefficient (Wildman–Crippen LogP) is 5.02. The van der Waals surface area contributed by atoms with Crippen molar-refractivity contribution in [3.8, 4) is 0 Å². The van der Waals surface area contributed by atoms with Gasteiger partial charge in [0, 0.05) is 5.56 Å². The molecule has 0 unspecified atom stereocenters. The van der Waals surface area contributed by atoms with E-state index in [0.29, 0.717) is 23.5 Å². The molecule has 164 valence electrons. The number of nitrogens with zero attached hydrogens (tertiary/aromatic N) is 2. The maximum absolute atomic E-state index is 13.1. The first-order valence-electron chi connectivity index (χ1n) is 9.45. The van der Waals surface area contributed by atoms with Crippen LogP contribution in [0.3, 0.4) is 0 Å². The largest absolute Gasteiger partial charge is 0.411 e. The van der Waals surface area contributed by atoms with Gasteiger partial charge in [-0.15, -0.1) is 0 Å². The van der Waals surface area contributed by atoms with Crippen molar-refractivity contribution < 1.29 is 27.1 Å². The fourth-order valence-electron chi connectivity index (χ4n) is 3.07. The minimum atomic E-state index is -4.40. The average Bonchev–Trinajstić information content (AvgIpc) is 2.96. The van der Waals surface area contributed by atoms with Crippen LogP contribution in [-0.2, 0) is 17.9 Å². The standard InChI is InChI=1S/C22H21F4N3O2/c1-14-20(15(2)29(28-14)11-16-6-8-19(23)9-7-16)27-21(30)18-5-3-4-17(10-18)12-31-13-22(24,25)26/h3-10H,11-13H2,1-2H3,(H,27,30). The van der Waals surface area contributed by atoms with Gasteiger partial charge in [-0.1, -0.05) is 24.3 Å². The lowest BCUT2D eigenvalue weighted by Crippen LogP contribution is -2.17. The first-order chi connectivity index (χ1) is 14.6. The molecule has 1 N–H and O–H groups in total. The van der Waals surface area contributed by atoms with Crippen molar-refractivity contribution in [2.75, 3.05) is 11.9 Å². The fraction of sp³-hybridized carbons (Fsp3) is 0.273. The highest BCUT2D eigenvalue weighted by Gasteiger charge is 2.27. The number of rotatable bonds is 7. The Bertz CT molecular complexity index is 1060. The highest BCUT2D eigenvalue weighted by molar-refractivity contribution is 6.05. The van der Waals surface area contributed by atoms with E-state index >= 15 is 0 Å². The minimum Gasteiger partial charge on any atom is -0.367 e. The highest BCUT2D eigenvalue weighted by Crippen LogP contribution is 2.22. The smallest absolute Gasteiger partial charge is 0.367 e. The number of benzene rings is 2. The number of hydrogen-bond acceptors (Lipinski definition) is 3. The van der Waals surface area contributed by atoms with Crippen LogP contribution in [0.1, 0.15) is 32.9 Å². The molecule has 2 aromatic carbocycles. The summed E-state index contributed by atoms with van der Waals surface area (Å²) in [6, 6.07) is 12.3. The number of ether oxygens (including phenoxy) is 1. The molecule has 1 heterocycles. The molecule has 3 aromatic rings. The van der Waals surface area contributed by atoms with Gasteiger partial charge in [0.2, 0.25) is 0 Å². The Morgan fingerprint density at radius 2 is 1.81 bits per heavy atom. The molecule has 31 heavy (non-hydrogen) atoms. The molecule has 0 bridgehead atoms. The number of nitrogens with one attached hydrogen (secondary N) is 1. The lowest BCUT2D eigenvalue weighted by molar-refractivity contribution is -0.176. The number of carbonyl (C=O) groups excluding carboxylic acids is 1. The van der Waals surface area contributed by atoms with Crippen LogP contribution < -0.4 is 5.32 Å². The van der Waals surface area contributed by atoms with E-state index in [1.807, 2.05) is 0 Å². The van der Waals surface area contributed by atoms with E-state index in [0.717, 1.165) is 11.3 Å². The van der Waals surface area contributed by atoms with Crippen LogP contribution in [0.4, 0.5) is 23.2 Å². The third-order valence-corrected chi connectivity index (χ3v) is 4.59. The summed E-state index contributed by atoms with van der Waals surface area (Å²) in [7, 11) is 0. The molecule has 0 spiro atoms. The SMILES string of the molecule is Cc1nn(Cc2ccc(F)cc2)c(C)c1NC(=O)c1cccc(COCC(F)(F)F)c1. The average molecular weight is 435 g/mol. The van der Waals surface area contributed by atoms with Crippen LogP contribution in [0, 0.1) is 19.7 Å². The molecule has 0 aliphatic carbocycles. The summed E-state index contributed by atoms with van der Waals surface area (Å²) >= 11 is 0. The third-order valence-electron chi connectivity index (χ3n) is 4.59. The summed E-state index contributed by atoms with van der Waals surface area (Å²) < 4.78 is 56.1. The predicted molar refractivity (Wildman–Crippen MR) is 107 cm³/mol. The van der Waals surface area contributed by atoms with Crippen molar-refractivity contribution in [2.24, 2.45) is 0 Å². The Morgan fingerprint density at radius 1 is 1.10 bits per heavy atom. The second-order valence-electron chi connectivity index (χ2n) is 7.09. The van der Waals surface area contributed by atoms with Gasteiger partial charge in [0.1, 0.15) is 12.4 Å². The van der Waals surface area contributed by atoms with Gasteiger partial charge in [0.25, 0.3) is 5.91 Å². The van der Waals surface area contributed by atoms with Crippen molar-refractivity contribution in [2.45, 2.75) is 33.2 Å². The third kappa shape index (κ3) is 6.14. The number of amides is 1. The van der Waals surface area contributed by atoms with Crippen molar-refractivity contribution >= 4 is 11.6 Å². The normalized spacial score (nSPS) is 11.5. The van der Waals surface area contributed by atoms with Gasteiger partial charge in [0.15, 0.2) is 0 Å². The quantitative estimate of drug-likeness (QED) is 0.531. The lowest BCUT2D eigenvalue weighted by atomic mass is 10.1. The summed E-state index contributed by atoms with van der Waals surface area (Å²) in [6.45, 7) is 2.36. The summed E-state index contributed by atoms with van der Waals surface area (Å²) in [5.41, 5.74) is 3.48. The number of halogens is 4. The van der Waals surface area contributed by atoms with Crippen LogP contribution in [-0.4, -0.2) is 28.5 Å². The van der Waals surface area contributed by atoms with E-state index in [-0.39, 0.29) is 18.0 Å². The Hall–Kier alpha value is -3.20. The summed E-state index contributed by atoms with van der Waals surface area (Å²) in [4.78, 5) is 12.7. The molecule has 3 rings (SSSR count). The zero-order chi connectivity index (χ0) is 22.6. The molecule has 0 atom stereocenters. The monoisotopic (exact) mass is 435 g/mol. The molecule has 0 aliphatic heterocycles. The molecule has 0 aliphatic rings. The first-order valence-corrected chi connectivity index (χ1v) is 9.45. The zero-order valence-corrected chi connectivity index (χ0v) is 17.0. The van der Waals surface area contributed by atoms with Crippen LogP contribution >= 0.6 is 0 Å². The van der Waals surface area contributed by atoms with Gasteiger partial charge in [-0.3, -0.25) is 9.48 Å². The van der Waals surface area contributed by atoms with Crippen molar-refractivity contribution in [3.05, 3.63) is 82.4 Å². The lowest BCUT2D eigenvalue weighted by Gasteiger charge is -2.10. The van der Waals surface area contributed by atoms with Crippen LogP contribution in [0.2, 0.25) is 0 Å². The van der Waals surface area contributed by atoms with Crippen molar-refractivity contribution in [1.82, 2.24) is 9.78 Å². The van der Waals surface area contributed by atoms with Crippen LogP contribution in [0.15, 0.2) is 48.5 Å². The van der Waals surface area contributed by atoms with Gasteiger partial charge >= 0.3 is 6.18 Å². The Morgan fingerprint density at radius 3 is 2.48 bits per heavy atom. The fourth-order valence-corrected chi connectivity index (χ4v) is 3.07. The molecule has 5 nitrogen and oxygen atoms in total. The van der Waals surface area contributed by atoms with Gasteiger partial charge in [-0.2, -0.15) is 18.3 Å². The number of carbonyl (C=O) groups is 1. The Labute approximate surface area is 176 Å². The van der Waals surface area contributed by atoms with Crippen LogP contribution in [0.5, 0.6) is 0 Å². The van der Waals surface area contributed by atoms with Crippen molar-refractivity contribution in [3.63, 3.8) is 0 Å². The highest BCUT2D eigenvalue weighted by atomic mass is 19.4. The number of aryl methyl sites for hydroxylation is 1. The topological polar surface area (TPSA) is 56.2 Å². The van der Waals surface area contributed by atoms with Gasteiger partial charge in [0.05, 0.1) is 30.2 Å². The van der Waals surface area contributed by atoms with E-state index in [4.69, 9.17) is 0 Å². The number of anilines is 1. The number of aromatic nitrogens is 2. The van der Waals surface area contributed by atoms with Gasteiger partial charge in [-0.25, -0.2) is 4.39 Å². The maximum atomic E-state index is 13.1. The molecular formula is C22H21F4N3O2. The van der Waals surface area contributed by atoms with Crippen molar-refractivity contribution in [1.29, 1.82) is 0 Å². The summed E-state index contributed by atoms with van der Waals surface area (Å²) in [5.74, 6) is -0.735. The first kappa shape index (κ1) is 22.5. The van der Waals surface area contributed by atoms with Gasteiger partial charge < -0.3 is 10.1 Å². The van der Waals surface area contributed by atoms with E-state index in [1.54, 1.807) is 48.9 Å². The second-order valence-corrected chi connectivity index (χ2v) is 7.09. The molecule has 0 saturated carbocycles. The van der Waals surface area contributed by atoms with Gasteiger partial charge in [-0.05, 0) is 49.2 Å². The Balaban J connectivity index is 1.70. The molecule has 0 radical (unpaired) electrons. The maximum Gasteiger partial charge on any atom is 0.411 e. The van der Waals surface area contributed by atoms with E-state index in [9.17, 15) is 22.4 Å². The van der Waals surface area contributed by atoms with E-state index < -0.39 is 18.7 Å². The molecule has 1 amide bonds. The summed E-state index contributed by atoms with van der Waals surface area (Å²) in [5, 5.41) is 7.25. The Kier molecular flexibility index (Phi) is 6.74. The van der Waals surface area contributed by atoms with E-state index in [2.05, 4.69) is 15.2 Å². The second kappa shape index (κ2) is 9.30. The number of alkyl halides is 3. The van der Waals surface area contributed by atoms with Crippen LogP contribution in [0.25, 0.3) is 0 Å². The molecule has 0 saturated heterocycles. The van der Waals surface area contributed by atoms with E-state index in [1.165, 1.54) is 18.2 Å². The zero-order valence-electron chi connectivity index (χ0n) is 17.0. The minimum absolute atomic E-state index is 0.256. The molecule has 0 fully saturated rings. The molecular weight excluding hydrogens is 414 g/mol. The summed E-state index contributed by atoms with van der Waals surface area (Å²) in [6.07, 6.45) is -4.40. The number of hydrogen-bond donors (Lipinski definition) is 1. The molecule has 1 aromatic heterocycles.